The number of carbonyl (C=O) groups is 1. The maximum absolute atomic E-state index is 12.5. The van der Waals surface area contributed by atoms with E-state index in [1.807, 2.05) is 19.1 Å². The van der Waals surface area contributed by atoms with Crippen LogP contribution in [-0.4, -0.2) is 58.5 Å². The Morgan fingerprint density at radius 3 is 2.78 bits per heavy atom. The number of urea groups is 1. The number of ether oxygens (including phenoxy) is 1. The van der Waals surface area contributed by atoms with Crippen molar-refractivity contribution in [3.8, 4) is 11.1 Å². The third kappa shape index (κ3) is 4.88. The molecule has 0 spiro atoms. The number of rotatable bonds is 4. The summed E-state index contributed by atoms with van der Waals surface area (Å²) in [6, 6.07) is 6.84. The minimum atomic E-state index is -4.71. The molecule has 0 aliphatic carbocycles. The number of alkyl halides is 3. The lowest BCUT2D eigenvalue weighted by Crippen LogP contribution is -2.35. The molecule has 2 N–H and O–H groups in total. The van der Waals surface area contributed by atoms with Gasteiger partial charge in [-0.15, -0.1) is 13.2 Å². The molecule has 0 radical (unpaired) electrons. The number of aromatic nitrogens is 3. The molecule has 32 heavy (non-hydrogen) atoms. The Balaban J connectivity index is 1.51. The molecule has 1 aromatic carbocycles. The van der Waals surface area contributed by atoms with Crippen LogP contribution in [0.1, 0.15) is 12.0 Å². The molecule has 0 unspecified atom stereocenters. The predicted molar refractivity (Wildman–Crippen MR) is 113 cm³/mol. The fourth-order valence-corrected chi connectivity index (χ4v) is 3.60. The second-order valence-corrected chi connectivity index (χ2v) is 7.46. The summed E-state index contributed by atoms with van der Waals surface area (Å²) in [7, 11) is 1.73. The van der Waals surface area contributed by atoms with Gasteiger partial charge in [0.2, 0.25) is 5.95 Å². The van der Waals surface area contributed by atoms with E-state index < -0.39 is 18.5 Å². The minimum Gasteiger partial charge on any atom is -0.357 e. The van der Waals surface area contributed by atoms with E-state index in [1.54, 1.807) is 31.6 Å². The lowest BCUT2D eigenvalue weighted by atomic mass is 10.0. The second kappa shape index (κ2) is 8.58. The van der Waals surface area contributed by atoms with Gasteiger partial charge in [-0.2, -0.15) is 4.98 Å². The Kier molecular flexibility index (Phi) is 5.83. The van der Waals surface area contributed by atoms with Gasteiger partial charge in [0, 0.05) is 49.2 Å². The van der Waals surface area contributed by atoms with Crippen LogP contribution in [0.25, 0.3) is 22.2 Å². The summed E-state index contributed by atoms with van der Waals surface area (Å²) in [5.41, 5.74) is 3.73. The fourth-order valence-electron chi connectivity index (χ4n) is 3.60. The van der Waals surface area contributed by atoms with Crippen molar-refractivity contribution in [1.29, 1.82) is 0 Å². The van der Waals surface area contributed by atoms with Gasteiger partial charge in [0.05, 0.1) is 6.10 Å². The molecule has 1 fully saturated rings. The van der Waals surface area contributed by atoms with Crippen molar-refractivity contribution in [3.05, 3.63) is 42.2 Å². The number of benzene rings is 1. The number of halogens is 3. The Labute approximate surface area is 181 Å². The van der Waals surface area contributed by atoms with Gasteiger partial charge in [0.1, 0.15) is 0 Å². The van der Waals surface area contributed by atoms with E-state index in [-0.39, 0.29) is 19.5 Å². The van der Waals surface area contributed by atoms with E-state index in [4.69, 9.17) is 0 Å². The standard InChI is InChI=1S/C21H21F3N6O2/c1-12-3-4-15(28-20(31)30-6-5-16(11-30)32-21(22,23)24)8-17(12)13-7-14-10-27-19(25-2)29-18(14)26-9-13/h3-4,7-10,16H,5-6,11H2,1-2H3,(H,28,31)(H,25,26,27,29)/t16-/m0/s1. The van der Waals surface area contributed by atoms with E-state index in [1.165, 1.54) is 4.90 Å². The summed E-state index contributed by atoms with van der Waals surface area (Å²) >= 11 is 0. The SMILES string of the molecule is CNc1ncc2cc(-c3cc(NC(=O)N4CC[C@H](OC(F)(F)F)C4)ccc3C)cnc2n1. The molecule has 1 aliphatic heterocycles. The highest BCUT2D eigenvalue weighted by atomic mass is 19.4. The molecule has 4 rings (SSSR count). The van der Waals surface area contributed by atoms with Gasteiger partial charge >= 0.3 is 12.4 Å². The summed E-state index contributed by atoms with van der Waals surface area (Å²) in [6.07, 6.45) is -2.26. The van der Waals surface area contributed by atoms with Gasteiger partial charge in [0.15, 0.2) is 5.65 Å². The van der Waals surface area contributed by atoms with Crippen molar-refractivity contribution < 1.29 is 22.7 Å². The first-order valence-electron chi connectivity index (χ1n) is 9.94. The highest BCUT2D eigenvalue weighted by molar-refractivity contribution is 5.91. The minimum absolute atomic E-state index is 0.118. The molecule has 1 aliphatic rings. The zero-order chi connectivity index (χ0) is 22.9. The zero-order valence-electron chi connectivity index (χ0n) is 17.4. The number of nitrogens with zero attached hydrogens (tertiary/aromatic N) is 4. The van der Waals surface area contributed by atoms with Crippen molar-refractivity contribution in [3.63, 3.8) is 0 Å². The topological polar surface area (TPSA) is 92.3 Å². The van der Waals surface area contributed by atoms with Gasteiger partial charge in [-0.05, 0) is 42.7 Å². The van der Waals surface area contributed by atoms with Gasteiger partial charge < -0.3 is 15.5 Å². The van der Waals surface area contributed by atoms with E-state index in [0.29, 0.717) is 17.3 Å². The van der Waals surface area contributed by atoms with Gasteiger partial charge in [0.25, 0.3) is 0 Å². The number of aryl methyl sites for hydroxylation is 1. The highest BCUT2D eigenvalue weighted by Crippen LogP contribution is 2.29. The van der Waals surface area contributed by atoms with Crippen LogP contribution in [0, 0.1) is 6.92 Å². The predicted octanol–water partition coefficient (Wildman–Crippen LogP) is 4.18. The number of pyridine rings is 1. The van der Waals surface area contributed by atoms with Gasteiger partial charge in [-0.25, -0.2) is 14.8 Å². The van der Waals surface area contributed by atoms with Crippen molar-refractivity contribution in [1.82, 2.24) is 19.9 Å². The molecule has 3 aromatic rings. The largest absolute Gasteiger partial charge is 0.522 e. The maximum Gasteiger partial charge on any atom is 0.522 e. The van der Waals surface area contributed by atoms with Gasteiger partial charge in [-0.3, -0.25) is 4.74 Å². The van der Waals surface area contributed by atoms with Crippen LogP contribution in [0.4, 0.5) is 29.6 Å². The molecule has 2 amide bonds. The second-order valence-electron chi connectivity index (χ2n) is 7.46. The quantitative estimate of drug-likeness (QED) is 0.625. The molecular formula is C21H21F3N6O2. The van der Waals surface area contributed by atoms with Gasteiger partial charge in [-0.1, -0.05) is 6.07 Å². The van der Waals surface area contributed by atoms with E-state index in [2.05, 4.69) is 30.3 Å². The highest BCUT2D eigenvalue weighted by Gasteiger charge is 2.37. The molecule has 3 heterocycles. The number of nitrogens with one attached hydrogen (secondary N) is 2. The van der Waals surface area contributed by atoms with Crippen LogP contribution in [0.2, 0.25) is 0 Å². The molecule has 1 saturated heterocycles. The summed E-state index contributed by atoms with van der Waals surface area (Å²) in [5, 5.41) is 6.39. The molecule has 8 nitrogen and oxygen atoms in total. The first-order valence-corrected chi connectivity index (χ1v) is 9.94. The summed E-state index contributed by atoms with van der Waals surface area (Å²) in [5.74, 6) is 0.475. The lowest BCUT2D eigenvalue weighted by molar-refractivity contribution is -0.340. The van der Waals surface area contributed by atoms with E-state index in [9.17, 15) is 18.0 Å². The molecule has 11 heteroatoms. The molecule has 2 aromatic heterocycles. The van der Waals surface area contributed by atoms with Crippen LogP contribution < -0.4 is 10.6 Å². The van der Waals surface area contributed by atoms with Crippen molar-refractivity contribution >= 4 is 28.7 Å². The fraction of sp³-hybridized carbons (Fsp3) is 0.333. The smallest absolute Gasteiger partial charge is 0.357 e. The molecule has 168 valence electrons. The van der Waals surface area contributed by atoms with E-state index >= 15 is 0 Å². The monoisotopic (exact) mass is 446 g/mol. The zero-order valence-corrected chi connectivity index (χ0v) is 17.4. The van der Waals surface area contributed by atoms with Crippen LogP contribution in [0.15, 0.2) is 36.7 Å². The number of hydrogen-bond donors (Lipinski definition) is 2. The van der Waals surface area contributed by atoms with Crippen molar-refractivity contribution in [2.75, 3.05) is 30.8 Å². The van der Waals surface area contributed by atoms with Crippen LogP contribution in [0.3, 0.4) is 0 Å². The number of anilines is 2. The molecule has 0 bridgehead atoms. The normalized spacial score (nSPS) is 16.4. The van der Waals surface area contributed by atoms with E-state index in [0.717, 1.165) is 22.1 Å². The summed E-state index contributed by atoms with van der Waals surface area (Å²) < 4.78 is 41.2. The van der Waals surface area contributed by atoms with Crippen LogP contribution >= 0.6 is 0 Å². The first-order chi connectivity index (χ1) is 15.2. The Morgan fingerprint density at radius 2 is 2.03 bits per heavy atom. The Morgan fingerprint density at radius 1 is 1.22 bits per heavy atom. The third-order valence-corrected chi connectivity index (χ3v) is 5.19. The molecular weight excluding hydrogens is 425 g/mol. The lowest BCUT2D eigenvalue weighted by Gasteiger charge is -2.19. The van der Waals surface area contributed by atoms with Crippen molar-refractivity contribution in [2.45, 2.75) is 25.8 Å². The molecule has 0 saturated carbocycles. The third-order valence-electron chi connectivity index (χ3n) is 5.19. The average molecular weight is 446 g/mol. The number of carbonyl (C=O) groups excluding carboxylic acids is 1. The van der Waals surface area contributed by atoms with Crippen LogP contribution in [-0.2, 0) is 4.74 Å². The number of likely N-dealkylation sites (tertiary alicyclic amines) is 1. The number of hydrogen-bond acceptors (Lipinski definition) is 6. The first kappa shape index (κ1) is 21.8. The van der Waals surface area contributed by atoms with Crippen molar-refractivity contribution in [2.24, 2.45) is 0 Å². The maximum atomic E-state index is 12.5. The number of fused-ring (bicyclic) bond motifs is 1. The number of amides is 2. The Hall–Kier alpha value is -3.47. The average Bonchev–Trinajstić information content (AvgIpc) is 3.21. The van der Waals surface area contributed by atoms with Crippen LogP contribution in [0.5, 0.6) is 0 Å². The summed E-state index contributed by atoms with van der Waals surface area (Å²) in [6.45, 7) is 2.01. The molecule has 1 atom stereocenters. The Bertz CT molecular complexity index is 1150. The summed E-state index contributed by atoms with van der Waals surface area (Å²) in [4.78, 5) is 26.8.